The Kier molecular flexibility index (Phi) is 5.48. The molecule has 0 radical (unpaired) electrons. The monoisotopic (exact) mass is 391 g/mol. The number of thiazole rings is 1. The van der Waals surface area contributed by atoms with Gasteiger partial charge in [0, 0.05) is 12.6 Å². The number of rotatable bonds is 6. The smallest absolute Gasteiger partial charge is 0.324 e. The van der Waals surface area contributed by atoms with Crippen molar-refractivity contribution in [3.05, 3.63) is 50.1 Å². The molecule has 0 bridgehead atoms. The Morgan fingerprint density at radius 3 is 2.73 bits per heavy atom. The number of fused-ring (bicyclic) bond motifs is 1. The van der Waals surface area contributed by atoms with E-state index in [2.05, 4.69) is 4.99 Å². The molecular formula is C17H17N3O4S2. The third kappa shape index (κ3) is 3.54. The van der Waals surface area contributed by atoms with E-state index >= 15 is 0 Å². The van der Waals surface area contributed by atoms with Crippen molar-refractivity contribution >= 4 is 43.8 Å². The van der Waals surface area contributed by atoms with E-state index in [1.165, 1.54) is 23.5 Å². The fourth-order valence-corrected chi connectivity index (χ4v) is 4.35. The van der Waals surface area contributed by atoms with Gasteiger partial charge in [-0.1, -0.05) is 35.7 Å². The number of para-hydroxylation sites is 1. The van der Waals surface area contributed by atoms with Crippen LogP contribution in [-0.4, -0.2) is 22.0 Å². The molecule has 1 aromatic carbocycles. The van der Waals surface area contributed by atoms with E-state index in [1.807, 2.05) is 36.6 Å². The summed E-state index contributed by atoms with van der Waals surface area (Å²) in [6.45, 7) is 5.22. The van der Waals surface area contributed by atoms with Crippen molar-refractivity contribution in [3.8, 4) is 5.75 Å². The number of benzene rings is 1. The number of ether oxygens (including phenoxy) is 1. The number of aryl methyl sites for hydroxylation is 1. The molecule has 2 aromatic heterocycles. The Hall–Kier alpha value is -2.52. The molecule has 0 spiro atoms. The molecule has 0 N–H and O–H groups in total. The fourth-order valence-electron chi connectivity index (χ4n) is 2.57. The standard InChI is InChI=1S/C17H17N3O4S2/c1-3-10-19-15-11(24-4-2)6-5-7-12(15)26-17(19)18-16(21)13-8-9-14(25-13)20(22)23/h5-9H,3-4,10H2,1-2H3. The Morgan fingerprint density at radius 1 is 1.27 bits per heavy atom. The van der Waals surface area contributed by atoms with Gasteiger partial charge in [0.25, 0.3) is 5.91 Å². The Bertz CT molecular complexity index is 1030. The zero-order valence-electron chi connectivity index (χ0n) is 14.3. The second-order valence-corrected chi connectivity index (χ2v) is 7.46. The number of carbonyl (C=O) groups excluding carboxylic acids is 1. The first kappa shape index (κ1) is 18.3. The number of hydrogen-bond donors (Lipinski definition) is 0. The summed E-state index contributed by atoms with van der Waals surface area (Å²) < 4.78 is 8.68. The molecule has 1 amide bonds. The highest BCUT2D eigenvalue weighted by atomic mass is 32.1. The van der Waals surface area contributed by atoms with Crippen molar-refractivity contribution in [1.82, 2.24) is 4.57 Å². The van der Waals surface area contributed by atoms with E-state index in [0.717, 1.165) is 33.7 Å². The summed E-state index contributed by atoms with van der Waals surface area (Å²) >= 11 is 2.24. The van der Waals surface area contributed by atoms with Crippen LogP contribution in [0.2, 0.25) is 0 Å². The number of hydrogen-bond acceptors (Lipinski definition) is 6. The van der Waals surface area contributed by atoms with Crippen molar-refractivity contribution in [3.63, 3.8) is 0 Å². The molecule has 0 saturated carbocycles. The molecule has 3 aromatic rings. The van der Waals surface area contributed by atoms with Crippen LogP contribution in [0.3, 0.4) is 0 Å². The summed E-state index contributed by atoms with van der Waals surface area (Å²) in [6, 6.07) is 8.55. The highest BCUT2D eigenvalue weighted by Crippen LogP contribution is 2.28. The van der Waals surface area contributed by atoms with Crippen molar-refractivity contribution in [2.75, 3.05) is 6.61 Å². The van der Waals surface area contributed by atoms with Crippen LogP contribution in [0.4, 0.5) is 5.00 Å². The normalized spacial score (nSPS) is 11.8. The van der Waals surface area contributed by atoms with E-state index in [9.17, 15) is 14.9 Å². The maximum Gasteiger partial charge on any atom is 0.324 e. The van der Waals surface area contributed by atoms with Crippen LogP contribution in [0, 0.1) is 10.1 Å². The third-order valence-electron chi connectivity index (χ3n) is 3.59. The van der Waals surface area contributed by atoms with Gasteiger partial charge in [0.05, 0.1) is 16.2 Å². The lowest BCUT2D eigenvalue weighted by Gasteiger charge is -2.08. The fraction of sp³-hybridized carbons (Fsp3) is 0.294. The second kappa shape index (κ2) is 7.79. The number of carbonyl (C=O) groups is 1. The van der Waals surface area contributed by atoms with Crippen LogP contribution in [0.15, 0.2) is 35.3 Å². The van der Waals surface area contributed by atoms with Crippen molar-refractivity contribution < 1.29 is 14.5 Å². The Labute approximate surface area is 157 Å². The summed E-state index contributed by atoms with van der Waals surface area (Å²) in [7, 11) is 0. The van der Waals surface area contributed by atoms with Gasteiger partial charge in [0.1, 0.15) is 16.1 Å². The Balaban J connectivity index is 2.12. The SMILES string of the molecule is CCCn1c(=NC(=O)c2ccc([N+](=O)[O-])s2)sc2cccc(OCC)c21. The molecule has 0 fully saturated rings. The first-order valence-electron chi connectivity index (χ1n) is 8.13. The predicted molar refractivity (Wildman–Crippen MR) is 102 cm³/mol. The predicted octanol–water partition coefficient (Wildman–Crippen LogP) is 4.22. The molecule has 0 aliphatic rings. The summed E-state index contributed by atoms with van der Waals surface area (Å²) in [5.74, 6) is 0.285. The van der Waals surface area contributed by atoms with Gasteiger partial charge in [-0.2, -0.15) is 4.99 Å². The number of aromatic nitrogens is 1. The molecule has 0 aliphatic heterocycles. The summed E-state index contributed by atoms with van der Waals surface area (Å²) in [6.07, 6.45) is 0.873. The third-order valence-corrected chi connectivity index (χ3v) is 5.66. The number of thiophene rings is 1. The number of amides is 1. The topological polar surface area (TPSA) is 86.7 Å². The van der Waals surface area contributed by atoms with Gasteiger partial charge >= 0.3 is 5.00 Å². The van der Waals surface area contributed by atoms with Gasteiger partial charge in [0.15, 0.2) is 4.80 Å². The average Bonchev–Trinajstić information content (AvgIpc) is 3.22. The average molecular weight is 391 g/mol. The van der Waals surface area contributed by atoms with Crippen LogP contribution < -0.4 is 9.54 Å². The molecule has 3 rings (SSSR count). The number of nitro groups is 1. The van der Waals surface area contributed by atoms with Crippen LogP contribution >= 0.6 is 22.7 Å². The molecule has 9 heteroatoms. The van der Waals surface area contributed by atoms with Crippen LogP contribution in [0.25, 0.3) is 10.2 Å². The minimum absolute atomic E-state index is 0.0695. The van der Waals surface area contributed by atoms with Gasteiger partial charge in [-0.25, -0.2) is 0 Å². The highest BCUT2D eigenvalue weighted by Gasteiger charge is 2.16. The van der Waals surface area contributed by atoms with Crippen molar-refractivity contribution in [2.45, 2.75) is 26.8 Å². The maximum absolute atomic E-state index is 12.5. The highest BCUT2D eigenvalue weighted by molar-refractivity contribution is 7.17. The largest absolute Gasteiger partial charge is 0.492 e. The first-order chi connectivity index (χ1) is 12.5. The molecule has 2 heterocycles. The molecule has 0 unspecified atom stereocenters. The lowest BCUT2D eigenvalue weighted by Crippen LogP contribution is -2.17. The molecule has 0 atom stereocenters. The molecule has 0 aliphatic carbocycles. The molecule has 0 saturated heterocycles. The van der Waals surface area contributed by atoms with Gasteiger partial charge in [-0.3, -0.25) is 14.9 Å². The Morgan fingerprint density at radius 2 is 2.08 bits per heavy atom. The van der Waals surface area contributed by atoms with E-state index < -0.39 is 10.8 Å². The molecule has 7 nitrogen and oxygen atoms in total. The minimum Gasteiger partial charge on any atom is -0.492 e. The molecule has 136 valence electrons. The minimum atomic E-state index is -0.507. The van der Waals surface area contributed by atoms with Crippen LogP contribution in [0.5, 0.6) is 5.75 Å². The van der Waals surface area contributed by atoms with E-state index in [4.69, 9.17) is 4.74 Å². The summed E-state index contributed by atoms with van der Waals surface area (Å²) in [4.78, 5) is 27.8. The zero-order valence-corrected chi connectivity index (χ0v) is 15.9. The lowest BCUT2D eigenvalue weighted by atomic mass is 10.3. The van der Waals surface area contributed by atoms with Crippen molar-refractivity contribution in [1.29, 1.82) is 0 Å². The number of nitrogens with zero attached hydrogens (tertiary/aromatic N) is 3. The van der Waals surface area contributed by atoms with Gasteiger partial charge in [0.2, 0.25) is 0 Å². The molecule has 26 heavy (non-hydrogen) atoms. The summed E-state index contributed by atoms with van der Waals surface area (Å²) in [5.41, 5.74) is 0.921. The molecular weight excluding hydrogens is 374 g/mol. The quantitative estimate of drug-likeness (QED) is 0.465. The second-order valence-electron chi connectivity index (χ2n) is 5.38. The van der Waals surface area contributed by atoms with Gasteiger partial charge in [-0.05, 0) is 31.5 Å². The lowest BCUT2D eigenvalue weighted by molar-refractivity contribution is -0.380. The van der Waals surface area contributed by atoms with E-state index in [1.54, 1.807) is 0 Å². The first-order valence-corrected chi connectivity index (χ1v) is 9.76. The van der Waals surface area contributed by atoms with Crippen LogP contribution in [-0.2, 0) is 6.54 Å². The van der Waals surface area contributed by atoms with Gasteiger partial charge in [-0.15, -0.1) is 0 Å². The van der Waals surface area contributed by atoms with Crippen molar-refractivity contribution in [2.24, 2.45) is 4.99 Å². The van der Waals surface area contributed by atoms with Crippen LogP contribution in [0.1, 0.15) is 29.9 Å². The maximum atomic E-state index is 12.5. The zero-order chi connectivity index (χ0) is 18.7. The van der Waals surface area contributed by atoms with Gasteiger partial charge < -0.3 is 9.30 Å². The van der Waals surface area contributed by atoms with E-state index in [0.29, 0.717) is 18.0 Å². The van der Waals surface area contributed by atoms with E-state index in [-0.39, 0.29) is 9.88 Å². The summed E-state index contributed by atoms with van der Waals surface area (Å²) in [5, 5.41) is 10.7.